The van der Waals surface area contributed by atoms with Gasteiger partial charge in [0.05, 0.1) is 13.7 Å². The minimum Gasteiger partial charge on any atom is -0.465 e. The molecule has 0 aromatic carbocycles. The number of methoxy groups -OCH3 is 1. The fourth-order valence-electron chi connectivity index (χ4n) is 1.45. The number of nitrogens with one attached hydrogen (secondary N) is 1. The van der Waals surface area contributed by atoms with E-state index in [-0.39, 0.29) is 22.5 Å². The van der Waals surface area contributed by atoms with Crippen molar-refractivity contribution in [1.29, 1.82) is 0 Å². The lowest BCUT2D eigenvalue weighted by atomic mass is 10.4. The van der Waals surface area contributed by atoms with Crippen molar-refractivity contribution in [3.05, 3.63) is 10.0 Å². The number of thiazole rings is 1. The number of ether oxygens (including phenoxy) is 1. The van der Waals surface area contributed by atoms with Crippen LogP contribution >= 0.6 is 22.9 Å². The Kier molecular flexibility index (Phi) is 3.49. The molecule has 0 spiro atoms. The van der Waals surface area contributed by atoms with Crippen molar-refractivity contribution < 1.29 is 14.3 Å². The second kappa shape index (κ2) is 4.89. The van der Waals surface area contributed by atoms with Gasteiger partial charge in [-0.15, -0.1) is 0 Å². The van der Waals surface area contributed by atoms with Crippen LogP contribution in [0.5, 0.6) is 0 Å². The van der Waals surface area contributed by atoms with Crippen LogP contribution in [0.4, 0.5) is 5.13 Å². The van der Waals surface area contributed by atoms with Gasteiger partial charge >= 0.3 is 5.97 Å². The molecular weight excluding hydrogens is 266 g/mol. The third-order valence-electron chi connectivity index (χ3n) is 2.25. The number of piperazine rings is 1. The molecule has 8 heteroatoms. The molecule has 1 fully saturated rings. The zero-order valence-electron chi connectivity index (χ0n) is 9.03. The van der Waals surface area contributed by atoms with Gasteiger partial charge in [-0.25, -0.2) is 9.78 Å². The number of hydrogen-bond donors (Lipinski definition) is 1. The number of nitrogens with zero attached hydrogens (tertiary/aromatic N) is 2. The summed E-state index contributed by atoms with van der Waals surface area (Å²) < 4.78 is 4.59. The largest absolute Gasteiger partial charge is 0.465 e. The number of amides is 1. The Morgan fingerprint density at radius 3 is 3.06 bits per heavy atom. The van der Waals surface area contributed by atoms with Crippen LogP contribution < -0.4 is 10.2 Å². The van der Waals surface area contributed by atoms with Crippen molar-refractivity contribution in [1.82, 2.24) is 10.3 Å². The lowest BCUT2D eigenvalue weighted by Gasteiger charge is -2.25. The van der Waals surface area contributed by atoms with E-state index in [2.05, 4.69) is 15.0 Å². The number of rotatable bonds is 2. The number of carbonyl (C=O) groups is 2. The van der Waals surface area contributed by atoms with Crippen molar-refractivity contribution >= 4 is 39.9 Å². The number of halogens is 1. The lowest BCUT2D eigenvalue weighted by molar-refractivity contribution is -0.120. The Labute approximate surface area is 107 Å². The van der Waals surface area contributed by atoms with Crippen molar-refractivity contribution in [2.45, 2.75) is 0 Å². The Morgan fingerprint density at radius 2 is 2.41 bits per heavy atom. The highest BCUT2D eigenvalue weighted by Gasteiger charge is 2.23. The maximum absolute atomic E-state index is 11.4. The van der Waals surface area contributed by atoms with E-state index < -0.39 is 5.97 Å². The normalized spacial score (nSPS) is 15.6. The van der Waals surface area contributed by atoms with Crippen LogP contribution in [-0.2, 0) is 9.53 Å². The number of esters is 1. The number of hydrogen-bond acceptors (Lipinski definition) is 6. The van der Waals surface area contributed by atoms with Gasteiger partial charge in [0.1, 0.15) is 0 Å². The topological polar surface area (TPSA) is 71.5 Å². The molecule has 17 heavy (non-hydrogen) atoms. The first kappa shape index (κ1) is 12.1. The highest BCUT2D eigenvalue weighted by Crippen LogP contribution is 2.30. The van der Waals surface area contributed by atoms with Crippen LogP contribution in [0.25, 0.3) is 0 Å². The first-order chi connectivity index (χ1) is 8.11. The van der Waals surface area contributed by atoms with E-state index >= 15 is 0 Å². The molecule has 0 saturated carbocycles. The minimum atomic E-state index is -0.514. The van der Waals surface area contributed by atoms with Crippen LogP contribution in [0.2, 0.25) is 5.15 Å². The van der Waals surface area contributed by atoms with Gasteiger partial charge in [-0.3, -0.25) is 4.79 Å². The first-order valence-corrected chi connectivity index (χ1v) is 6.07. The molecular formula is C9H10ClN3O3S. The summed E-state index contributed by atoms with van der Waals surface area (Å²) >= 11 is 6.97. The molecule has 92 valence electrons. The fourth-order valence-corrected chi connectivity index (χ4v) is 2.67. The molecule has 2 heterocycles. The van der Waals surface area contributed by atoms with Gasteiger partial charge in [0.25, 0.3) is 0 Å². The summed E-state index contributed by atoms with van der Waals surface area (Å²) in [5.41, 5.74) is 0. The predicted molar refractivity (Wildman–Crippen MR) is 63.7 cm³/mol. The average Bonchev–Trinajstić information content (AvgIpc) is 2.70. The van der Waals surface area contributed by atoms with Crippen LogP contribution in [0.1, 0.15) is 9.67 Å². The summed E-state index contributed by atoms with van der Waals surface area (Å²) in [7, 11) is 1.28. The summed E-state index contributed by atoms with van der Waals surface area (Å²) in [6, 6.07) is 0. The lowest BCUT2D eigenvalue weighted by Crippen LogP contribution is -2.47. The zero-order chi connectivity index (χ0) is 12.4. The standard InChI is InChI=1S/C9H10ClN3O3S/c1-16-8(15)6-7(10)12-9(17-6)13-3-2-11-5(14)4-13/h2-4H2,1H3,(H,11,14). The molecule has 0 aliphatic carbocycles. The summed E-state index contributed by atoms with van der Waals surface area (Å²) in [5, 5.41) is 3.38. The van der Waals surface area contributed by atoms with Gasteiger partial charge in [0.15, 0.2) is 15.2 Å². The molecule has 1 amide bonds. The maximum Gasteiger partial charge on any atom is 0.351 e. The van der Waals surface area contributed by atoms with E-state index in [9.17, 15) is 9.59 Å². The van der Waals surface area contributed by atoms with Crippen molar-refractivity contribution in [2.24, 2.45) is 0 Å². The minimum absolute atomic E-state index is 0.0674. The Morgan fingerprint density at radius 1 is 1.65 bits per heavy atom. The molecule has 1 aliphatic rings. The van der Waals surface area contributed by atoms with Gasteiger partial charge in [-0.2, -0.15) is 0 Å². The van der Waals surface area contributed by atoms with Gasteiger partial charge in [-0.1, -0.05) is 22.9 Å². The third kappa shape index (κ3) is 2.50. The molecule has 0 atom stereocenters. The Hall–Kier alpha value is -1.34. The zero-order valence-corrected chi connectivity index (χ0v) is 10.6. The van der Waals surface area contributed by atoms with E-state index in [4.69, 9.17) is 11.6 Å². The van der Waals surface area contributed by atoms with Crippen LogP contribution in [0.3, 0.4) is 0 Å². The van der Waals surface area contributed by atoms with Gasteiger partial charge in [-0.05, 0) is 0 Å². The van der Waals surface area contributed by atoms with E-state index in [1.807, 2.05) is 0 Å². The summed E-state index contributed by atoms with van der Waals surface area (Å²) in [5.74, 6) is -0.581. The van der Waals surface area contributed by atoms with Crippen molar-refractivity contribution in [3.8, 4) is 0 Å². The average molecular weight is 276 g/mol. The number of aromatic nitrogens is 1. The van der Waals surface area contributed by atoms with Crippen molar-refractivity contribution in [3.63, 3.8) is 0 Å². The Bertz CT molecular complexity index is 462. The first-order valence-electron chi connectivity index (χ1n) is 4.88. The molecule has 2 rings (SSSR count). The van der Waals surface area contributed by atoms with Crippen LogP contribution in [0, 0.1) is 0 Å². The highest BCUT2D eigenvalue weighted by atomic mass is 35.5. The van der Waals surface area contributed by atoms with Crippen molar-refractivity contribution in [2.75, 3.05) is 31.6 Å². The molecule has 6 nitrogen and oxygen atoms in total. The summed E-state index contributed by atoms with van der Waals surface area (Å²) in [6.07, 6.45) is 0. The summed E-state index contributed by atoms with van der Waals surface area (Å²) in [6.45, 7) is 1.43. The molecule has 1 aromatic heterocycles. The molecule has 1 saturated heterocycles. The predicted octanol–water partition coefficient (Wildman–Crippen LogP) is 0.519. The Balaban J connectivity index is 2.22. The van der Waals surface area contributed by atoms with Gasteiger partial charge < -0.3 is 15.0 Å². The molecule has 1 N–H and O–H groups in total. The third-order valence-corrected chi connectivity index (χ3v) is 3.74. The molecule has 0 bridgehead atoms. The van der Waals surface area contributed by atoms with E-state index in [1.165, 1.54) is 7.11 Å². The van der Waals surface area contributed by atoms with Crippen LogP contribution in [0.15, 0.2) is 0 Å². The van der Waals surface area contributed by atoms with E-state index in [0.717, 1.165) is 11.3 Å². The molecule has 0 radical (unpaired) electrons. The second-order valence-corrected chi connectivity index (χ2v) is 4.71. The quantitative estimate of drug-likeness (QED) is 0.797. The SMILES string of the molecule is COC(=O)c1sc(N2CCNC(=O)C2)nc1Cl. The fraction of sp³-hybridized carbons (Fsp3) is 0.444. The van der Waals surface area contributed by atoms with E-state index in [0.29, 0.717) is 18.2 Å². The highest BCUT2D eigenvalue weighted by molar-refractivity contribution is 7.18. The van der Waals surface area contributed by atoms with Crippen LogP contribution in [-0.4, -0.2) is 43.6 Å². The summed E-state index contributed by atoms with van der Waals surface area (Å²) in [4.78, 5) is 28.7. The van der Waals surface area contributed by atoms with Gasteiger partial charge in [0, 0.05) is 13.1 Å². The molecule has 1 aromatic rings. The second-order valence-electron chi connectivity index (χ2n) is 3.38. The monoisotopic (exact) mass is 275 g/mol. The molecule has 0 unspecified atom stereocenters. The van der Waals surface area contributed by atoms with Gasteiger partial charge in [0.2, 0.25) is 5.91 Å². The molecule has 1 aliphatic heterocycles. The number of anilines is 1. The maximum atomic E-state index is 11.4. The number of carbonyl (C=O) groups excluding carboxylic acids is 2. The van der Waals surface area contributed by atoms with E-state index in [1.54, 1.807) is 4.90 Å². The smallest absolute Gasteiger partial charge is 0.351 e.